The van der Waals surface area contributed by atoms with Crippen LogP contribution in [0.1, 0.15) is 22.8 Å². The van der Waals surface area contributed by atoms with Gasteiger partial charge in [-0.3, -0.25) is 4.79 Å². The van der Waals surface area contributed by atoms with Crippen molar-refractivity contribution in [3.63, 3.8) is 0 Å². The minimum atomic E-state index is -4.78. The molecule has 0 fully saturated rings. The third-order valence-corrected chi connectivity index (χ3v) is 2.44. The largest absolute Gasteiger partial charge is 0.423 e. The monoisotopic (exact) mass is 256 g/mol. The van der Waals surface area contributed by atoms with Crippen LogP contribution in [0.2, 0.25) is 0 Å². The molecule has 2 rings (SSSR count). The van der Waals surface area contributed by atoms with Crippen LogP contribution in [0.25, 0.3) is 11.0 Å². The second-order valence-corrected chi connectivity index (χ2v) is 3.75. The first-order valence-electron chi connectivity index (χ1n) is 4.95. The van der Waals surface area contributed by atoms with Gasteiger partial charge in [0.1, 0.15) is 11.1 Å². The van der Waals surface area contributed by atoms with Gasteiger partial charge in [-0.1, -0.05) is 0 Å². The van der Waals surface area contributed by atoms with Crippen molar-refractivity contribution in [2.24, 2.45) is 0 Å². The Morgan fingerprint density at radius 2 is 1.89 bits per heavy atom. The number of rotatable bonds is 1. The Morgan fingerprint density at radius 3 is 2.44 bits per heavy atom. The van der Waals surface area contributed by atoms with Crippen LogP contribution in [-0.2, 0) is 6.18 Å². The molecule has 3 nitrogen and oxygen atoms in total. The minimum Gasteiger partial charge on any atom is -0.422 e. The predicted octanol–water partition coefficient (Wildman–Crippen LogP) is 3.01. The maximum Gasteiger partial charge on any atom is 0.423 e. The van der Waals surface area contributed by atoms with Crippen LogP contribution in [0.5, 0.6) is 0 Å². The van der Waals surface area contributed by atoms with Gasteiger partial charge in [-0.2, -0.15) is 13.2 Å². The van der Waals surface area contributed by atoms with E-state index < -0.39 is 17.4 Å². The van der Waals surface area contributed by atoms with Crippen LogP contribution in [0.15, 0.2) is 33.5 Å². The normalized spacial score (nSPS) is 11.8. The van der Waals surface area contributed by atoms with Crippen LogP contribution in [0.3, 0.4) is 0 Å². The van der Waals surface area contributed by atoms with E-state index in [1.807, 2.05) is 0 Å². The molecule has 0 saturated carbocycles. The zero-order valence-corrected chi connectivity index (χ0v) is 9.17. The number of ketones is 1. The van der Waals surface area contributed by atoms with E-state index in [9.17, 15) is 22.8 Å². The van der Waals surface area contributed by atoms with Gasteiger partial charge in [0.25, 0.3) is 0 Å². The molecule has 94 valence electrons. The maximum atomic E-state index is 12.5. The second-order valence-electron chi connectivity index (χ2n) is 3.75. The Bertz CT molecular complexity index is 683. The molecular formula is C12H7F3O3. The lowest BCUT2D eigenvalue weighted by Crippen LogP contribution is -2.17. The molecule has 0 aliphatic heterocycles. The molecule has 0 N–H and O–H groups in total. The summed E-state index contributed by atoms with van der Waals surface area (Å²) < 4.78 is 42.1. The third kappa shape index (κ3) is 2.13. The lowest BCUT2D eigenvalue weighted by atomic mass is 10.1. The zero-order valence-electron chi connectivity index (χ0n) is 9.17. The van der Waals surface area contributed by atoms with Gasteiger partial charge in [0, 0.05) is 10.9 Å². The van der Waals surface area contributed by atoms with Gasteiger partial charge < -0.3 is 4.42 Å². The van der Waals surface area contributed by atoms with Crippen LogP contribution in [0, 0.1) is 0 Å². The summed E-state index contributed by atoms with van der Waals surface area (Å²) in [5.41, 5.74) is -2.55. The predicted molar refractivity (Wildman–Crippen MR) is 57.5 cm³/mol. The molecule has 0 saturated heterocycles. The summed E-state index contributed by atoms with van der Waals surface area (Å²) in [5, 5.41) is 0.0645. The highest BCUT2D eigenvalue weighted by Gasteiger charge is 2.35. The highest BCUT2D eigenvalue weighted by Crippen LogP contribution is 2.29. The highest BCUT2D eigenvalue weighted by molar-refractivity contribution is 5.97. The van der Waals surface area contributed by atoms with Crippen molar-refractivity contribution in [1.29, 1.82) is 0 Å². The quantitative estimate of drug-likeness (QED) is 0.582. The van der Waals surface area contributed by atoms with Crippen LogP contribution < -0.4 is 5.63 Å². The number of carbonyl (C=O) groups is 1. The molecule has 0 bridgehead atoms. The number of Topliss-reactive ketones (excluding diaryl/α,β-unsaturated/α-hetero) is 1. The van der Waals surface area contributed by atoms with E-state index in [0.717, 1.165) is 0 Å². The number of benzene rings is 1. The van der Waals surface area contributed by atoms with E-state index in [1.54, 1.807) is 0 Å². The summed E-state index contributed by atoms with van der Waals surface area (Å²) in [4.78, 5) is 22.3. The Hall–Kier alpha value is -2.11. The Kier molecular flexibility index (Phi) is 2.73. The SMILES string of the molecule is CC(=O)c1ccc2oc(=O)c(C(F)(F)F)cc2c1. The summed E-state index contributed by atoms with van der Waals surface area (Å²) in [7, 11) is 0. The lowest BCUT2D eigenvalue weighted by molar-refractivity contribution is -0.139. The Balaban J connectivity index is 2.75. The van der Waals surface area contributed by atoms with Crippen molar-refractivity contribution < 1.29 is 22.4 Å². The minimum absolute atomic E-state index is 0.0120. The molecule has 1 aromatic heterocycles. The van der Waals surface area contributed by atoms with E-state index in [-0.39, 0.29) is 22.3 Å². The zero-order chi connectivity index (χ0) is 13.5. The summed E-state index contributed by atoms with van der Waals surface area (Å²) in [5.74, 6) is -0.281. The molecule has 0 unspecified atom stereocenters. The van der Waals surface area contributed by atoms with E-state index >= 15 is 0 Å². The average Bonchev–Trinajstić information content (AvgIpc) is 2.25. The van der Waals surface area contributed by atoms with Gasteiger partial charge in [0.15, 0.2) is 5.78 Å². The fourth-order valence-corrected chi connectivity index (χ4v) is 1.54. The van der Waals surface area contributed by atoms with Crippen LogP contribution in [-0.4, -0.2) is 5.78 Å². The van der Waals surface area contributed by atoms with Crippen molar-refractivity contribution >= 4 is 16.8 Å². The molecule has 0 aliphatic rings. The van der Waals surface area contributed by atoms with E-state index in [0.29, 0.717) is 6.07 Å². The van der Waals surface area contributed by atoms with Crippen molar-refractivity contribution in [3.8, 4) is 0 Å². The molecule has 1 heterocycles. The smallest absolute Gasteiger partial charge is 0.422 e. The summed E-state index contributed by atoms with van der Waals surface area (Å²) in [6.45, 7) is 1.30. The average molecular weight is 256 g/mol. The molecule has 18 heavy (non-hydrogen) atoms. The molecule has 0 atom stereocenters. The van der Waals surface area contributed by atoms with Gasteiger partial charge in [-0.25, -0.2) is 4.79 Å². The summed E-state index contributed by atoms with van der Waals surface area (Å²) in [6.07, 6.45) is -4.78. The molecule has 1 aromatic carbocycles. The van der Waals surface area contributed by atoms with Gasteiger partial charge >= 0.3 is 11.8 Å². The summed E-state index contributed by atoms with van der Waals surface area (Å²) >= 11 is 0. The lowest BCUT2D eigenvalue weighted by Gasteiger charge is -2.06. The maximum absolute atomic E-state index is 12.5. The first kappa shape index (κ1) is 12.3. The highest BCUT2D eigenvalue weighted by atomic mass is 19.4. The fraction of sp³-hybridized carbons (Fsp3) is 0.167. The molecule has 0 aliphatic carbocycles. The van der Waals surface area contributed by atoms with E-state index in [4.69, 9.17) is 0 Å². The number of halogens is 3. The summed E-state index contributed by atoms with van der Waals surface area (Å²) in [6, 6.07) is 4.64. The number of fused-ring (bicyclic) bond motifs is 1. The van der Waals surface area contributed by atoms with Crippen LogP contribution in [0.4, 0.5) is 13.2 Å². The Labute approximate surface area is 98.8 Å². The molecule has 0 radical (unpaired) electrons. The van der Waals surface area contributed by atoms with Crippen molar-refractivity contribution in [3.05, 3.63) is 45.8 Å². The van der Waals surface area contributed by atoms with Gasteiger partial charge in [0.2, 0.25) is 0 Å². The second kappa shape index (κ2) is 3.97. The Morgan fingerprint density at radius 1 is 1.22 bits per heavy atom. The number of hydrogen-bond donors (Lipinski definition) is 0. The van der Waals surface area contributed by atoms with Crippen molar-refractivity contribution in [2.45, 2.75) is 13.1 Å². The first-order chi connectivity index (χ1) is 8.29. The molecular weight excluding hydrogens is 249 g/mol. The molecule has 2 aromatic rings. The molecule has 0 amide bonds. The molecule has 0 spiro atoms. The van der Waals surface area contributed by atoms with Gasteiger partial charge in [0.05, 0.1) is 0 Å². The van der Waals surface area contributed by atoms with E-state index in [2.05, 4.69) is 4.42 Å². The molecule has 6 heteroatoms. The topological polar surface area (TPSA) is 47.3 Å². The third-order valence-electron chi connectivity index (χ3n) is 2.44. The number of carbonyl (C=O) groups excluding carboxylic acids is 1. The first-order valence-corrected chi connectivity index (χ1v) is 4.95. The standard InChI is InChI=1S/C12H7F3O3/c1-6(16)7-2-3-10-8(4-7)5-9(11(17)18-10)12(13,14)15/h2-5H,1H3. The van der Waals surface area contributed by atoms with Gasteiger partial charge in [-0.15, -0.1) is 0 Å². The number of hydrogen-bond acceptors (Lipinski definition) is 3. The van der Waals surface area contributed by atoms with Gasteiger partial charge in [-0.05, 0) is 31.2 Å². The van der Waals surface area contributed by atoms with Crippen molar-refractivity contribution in [1.82, 2.24) is 0 Å². The van der Waals surface area contributed by atoms with Crippen molar-refractivity contribution in [2.75, 3.05) is 0 Å². The van der Waals surface area contributed by atoms with Crippen LogP contribution >= 0.6 is 0 Å². The fourth-order valence-electron chi connectivity index (χ4n) is 1.54. The number of alkyl halides is 3. The van der Waals surface area contributed by atoms with E-state index in [1.165, 1.54) is 25.1 Å².